The van der Waals surface area contributed by atoms with Crippen molar-refractivity contribution in [2.45, 2.75) is 5.56 Å². The van der Waals surface area contributed by atoms with E-state index in [1.54, 1.807) is 0 Å². The minimum absolute atomic E-state index is 0.125. The molecule has 0 radical (unpaired) electrons. The molecular formula is C3H4Cl2O2. The van der Waals surface area contributed by atoms with E-state index in [1.807, 2.05) is 0 Å². The highest BCUT2D eigenvalue weighted by atomic mass is 35.5. The first-order chi connectivity index (χ1) is 3.31. The Morgan fingerprint density at radius 2 is 2.43 bits per heavy atom. The van der Waals surface area contributed by atoms with Gasteiger partial charge in [-0.05, 0) is 0 Å². The van der Waals surface area contributed by atoms with Crippen molar-refractivity contribution in [1.82, 2.24) is 0 Å². The van der Waals surface area contributed by atoms with Gasteiger partial charge in [0.25, 0.3) is 6.47 Å². The second kappa shape index (κ2) is 4.22. The van der Waals surface area contributed by atoms with Crippen LogP contribution in [0.25, 0.3) is 0 Å². The van der Waals surface area contributed by atoms with Crippen LogP contribution in [0, 0.1) is 0 Å². The molecule has 7 heavy (non-hydrogen) atoms. The molecule has 0 rings (SSSR count). The van der Waals surface area contributed by atoms with Crippen molar-refractivity contribution in [3.05, 3.63) is 0 Å². The Balaban J connectivity index is 2.98. The fourth-order valence-electron chi connectivity index (χ4n) is 0.0967. The van der Waals surface area contributed by atoms with Gasteiger partial charge < -0.3 is 4.74 Å². The van der Waals surface area contributed by atoms with E-state index in [2.05, 4.69) is 4.74 Å². The molecule has 0 fully saturated rings. The summed E-state index contributed by atoms with van der Waals surface area (Å²) in [7, 11) is 0. The maximum absolute atomic E-state index is 9.41. The lowest BCUT2D eigenvalue weighted by molar-refractivity contribution is -0.129. The van der Waals surface area contributed by atoms with E-state index < -0.39 is 5.56 Å². The summed E-state index contributed by atoms with van der Waals surface area (Å²) >= 11 is 10.3. The third-order valence-electron chi connectivity index (χ3n) is 0.325. The average molecular weight is 143 g/mol. The number of carbonyl (C=O) groups is 1. The molecular weight excluding hydrogens is 139 g/mol. The lowest BCUT2D eigenvalue weighted by atomic mass is 10.8. The van der Waals surface area contributed by atoms with E-state index in [1.165, 1.54) is 0 Å². The van der Waals surface area contributed by atoms with E-state index in [0.717, 1.165) is 0 Å². The second-order valence-electron chi connectivity index (χ2n) is 0.797. The molecule has 0 spiro atoms. The molecule has 0 aromatic rings. The van der Waals surface area contributed by atoms with Crippen molar-refractivity contribution >= 4 is 29.7 Å². The molecule has 0 saturated heterocycles. The third-order valence-corrected chi connectivity index (χ3v) is 1.02. The summed E-state index contributed by atoms with van der Waals surface area (Å²) in [5.41, 5.74) is -0.681. The largest absolute Gasteiger partial charge is 0.447 e. The first-order valence-electron chi connectivity index (χ1n) is 1.60. The Morgan fingerprint density at radius 3 is 2.57 bits per heavy atom. The third kappa shape index (κ3) is 3.89. The highest BCUT2D eigenvalue weighted by Crippen LogP contribution is 1.96. The Bertz CT molecular complexity index is 56.9. The number of halogens is 2. The van der Waals surface area contributed by atoms with Gasteiger partial charge in [-0.2, -0.15) is 0 Å². The topological polar surface area (TPSA) is 26.3 Å². The highest BCUT2D eigenvalue weighted by Gasteiger charge is 1.97. The fraction of sp³-hybridized carbons (Fsp3) is 0.667. The van der Waals surface area contributed by atoms with Crippen molar-refractivity contribution in [2.24, 2.45) is 0 Å². The minimum atomic E-state index is -0.681. The lowest BCUT2D eigenvalue weighted by Crippen LogP contribution is -2.03. The van der Waals surface area contributed by atoms with E-state index >= 15 is 0 Å². The van der Waals surface area contributed by atoms with Crippen molar-refractivity contribution < 1.29 is 9.53 Å². The van der Waals surface area contributed by atoms with Gasteiger partial charge in [-0.1, -0.05) is 11.6 Å². The maximum Gasteiger partial charge on any atom is 0.294 e. The van der Waals surface area contributed by atoms with Crippen LogP contribution in [0.2, 0.25) is 0 Å². The van der Waals surface area contributed by atoms with Gasteiger partial charge in [-0.15, -0.1) is 11.6 Å². The summed E-state index contributed by atoms with van der Waals surface area (Å²) in [6.07, 6.45) is 0. The molecule has 0 heterocycles. The van der Waals surface area contributed by atoms with Crippen LogP contribution in [0.15, 0.2) is 0 Å². The first kappa shape index (κ1) is 7.05. The summed E-state index contributed by atoms with van der Waals surface area (Å²) in [5, 5.41) is 0. The average Bonchev–Trinajstić information content (AvgIpc) is 1.68. The molecule has 0 N–H and O–H groups in total. The molecule has 4 heteroatoms. The molecule has 0 bridgehead atoms. The maximum atomic E-state index is 9.41. The molecule has 0 aliphatic rings. The minimum Gasteiger partial charge on any atom is -0.447 e. The zero-order chi connectivity index (χ0) is 5.70. The fourth-order valence-corrected chi connectivity index (χ4v) is 0.211. The zero-order valence-corrected chi connectivity index (χ0v) is 4.95. The van der Waals surface area contributed by atoms with E-state index in [0.29, 0.717) is 0 Å². The van der Waals surface area contributed by atoms with Gasteiger partial charge >= 0.3 is 0 Å². The zero-order valence-electron chi connectivity index (χ0n) is 3.43. The summed E-state index contributed by atoms with van der Waals surface area (Å²) in [6.45, 7) is 0.264. The Labute approximate surface area is 51.4 Å². The quantitative estimate of drug-likeness (QED) is 0.434. The second-order valence-corrected chi connectivity index (χ2v) is 1.59. The standard InChI is InChI=1S/C3H4Cl2O2/c4-1-3(5)7-2-6/h2-3H,1H2. The Hall–Kier alpha value is 0.0500. The van der Waals surface area contributed by atoms with Crippen molar-refractivity contribution in [2.75, 3.05) is 5.88 Å². The van der Waals surface area contributed by atoms with Gasteiger partial charge in [0, 0.05) is 0 Å². The molecule has 1 unspecified atom stereocenters. The van der Waals surface area contributed by atoms with Crippen LogP contribution in [0.5, 0.6) is 0 Å². The van der Waals surface area contributed by atoms with Gasteiger partial charge in [0.15, 0.2) is 5.56 Å². The van der Waals surface area contributed by atoms with Gasteiger partial charge in [-0.25, -0.2) is 0 Å². The van der Waals surface area contributed by atoms with Crippen LogP contribution in [0.3, 0.4) is 0 Å². The Kier molecular flexibility index (Phi) is 4.25. The molecule has 2 nitrogen and oxygen atoms in total. The van der Waals surface area contributed by atoms with Crippen LogP contribution in [-0.4, -0.2) is 17.9 Å². The van der Waals surface area contributed by atoms with E-state index in [-0.39, 0.29) is 12.4 Å². The van der Waals surface area contributed by atoms with Crippen LogP contribution >= 0.6 is 23.2 Å². The smallest absolute Gasteiger partial charge is 0.294 e. The van der Waals surface area contributed by atoms with E-state index in [4.69, 9.17) is 23.2 Å². The first-order valence-corrected chi connectivity index (χ1v) is 2.57. The summed E-state index contributed by atoms with van der Waals surface area (Å²) in [6, 6.07) is 0. The molecule has 1 atom stereocenters. The predicted octanol–water partition coefficient (Wildman–Crippen LogP) is 0.963. The van der Waals surface area contributed by atoms with Crippen molar-refractivity contribution in [3.8, 4) is 0 Å². The summed E-state index contributed by atoms with van der Waals surface area (Å²) in [4.78, 5) is 9.41. The van der Waals surface area contributed by atoms with Crippen LogP contribution in [-0.2, 0) is 9.53 Å². The SMILES string of the molecule is O=COC(Cl)CCl. The molecule has 0 aliphatic carbocycles. The highest BCUT2D eigenvalue weighted by molar-refractivity contribution is 6.27. The van der Waals surface area contributed by atoms with Gasteiger partial charge in [0.1, 0.15) is 0 Å². The molecule has 42 valence electrons. The molecule has 0 aromatic heterocycles. The predicted molar refractivity (Wildman–Crippen MR) is 27.5 cm³/mol. The summed E-state index contributed by atoms with van der Waals surface area (Å²) in [5.74, 6) is 0.125. The number of hydrogen-bond donors (Lipinski definition) is 0. The summed E-state index contributed by atoms with van der Waals surface area (Å²) < 4.78 is 4.14. The van der Waals surface area contributed by atoms with Crippen molar-refractivity contribution in [3.63, 3.8) is 0 Å². The molecule has 0 amide bonds. The molecule has 0 saturated carbocycles. The van der Waals surface area contributed by atoms with Crippen molar-refractivity contribution in [1.29, 1.82) is 0 Å². The molecule has 0 aliphatic heterocycles. The van der Waals surface area contributed by atoms with Gasteiger partial charge in [-0.3, -0.25) is 4.79 Å². The number of ether oxygens (including phenoxy) is 1. The monoisotopic (exact) mass is 142 g/mol. The van der Waals surface area contributed by atoms with Gasteiger partial charge in [0.2, 0.25) is 0 Å². The number of hydrogen-bond acceptors (Lipinski definition) is 2. The van der Waals surface area contributed by atoms with Crippen LogP contribution < -0.4 is 0 Å². The normalized spacial score (nSPS) is 12.9. The van der Waals surface area contributed by atoms with Crippen LogP contribution in [0.1, 0.15) is 0 Å². The lowest BCUT2D eigenvalue weighted by Gasteiger charge is -1.98. The Morgan fingerprint density at radius 1 is 1.86 bits per heavy atom. The number of alkyl halides is 2. The van der Waals surface area contributed by atoms with Gasteiger partial charge in [0.05, 0.1) is 5.88 Å². The van der Waals surface area contributed by atoms with E-state index in [9.17, 15) is 4.79 Å². The van der Waals surface area contributed by atoms with Crippen LogP contribution in [0.4, 0.5) is 0 Å². The number of rotatable bonds is 3. The number of carbonyl (C=O) groups excluding carboxylic acids is 1. The molecule has 0 aromatic carbocycles.